The molecule has 1 amide bonds. The minimum Gasteiger partial charge on any atom is -0.338 e. The lowest BCUT2D eigenvalue weighted by Gasteiger charge is -2.34. The normalized spacial score (nSPS) is 18.5. The highest BCUT2D eigenvalue weighted by molar-refractivity contribution is 6.42. The number of nitrogens with one attached hydrogen (secondary N) is 1. The molecule has 0 bridgehead atoms. The summed E-state index contributed by atoms with van der Waals surface area (Å²) in [7, 11) is 0. The largest absolute Gasteiger partial charge is 0.338 e. The quantitative estimate of drug-likeness (QED) is 0.896. The van der Waals surface area contributed by atoms with Gasteiger partial charge in [-0.1, -0.05) is 36.2 Å². The van der Waals surface area contributed by atoms with Gasteiger partial charge in [0.2, 0.25) is 5.91 Å². The Morgan fingerprint density at radius 2 is 2.19 bits per heavy atom. The Kier molecular flexibility index (Phi) is 6.34. The zero-order valence-corrected chi connectivity index (χ0v) is 13.9. The zero-order valence-electron chi connectivity index (χ0n) is 12.4. The van der Waals surface area contributed by atoms with E-state index in [4.69, 9.17) is 23.2 Å². The molecule has 5 heteroatoms. The van der Waals surface area contributed by atoms with E-state index < -0.39 is 0 Å². The molecule has 0 radical (unpaired) electrons. The summed E-state index contributed by atoms with van der Waals surface area (Å²) in [6.07, 6.45) is 3.57. The van der Waals surface area contributed by atoms with E-state index in [1.807, 2.05) is 11.0 Å². The minimum atomic E-state index is 0.170. The van der Waals surface area contributed by atoms with Crippen LogP contribution in [0.4, 0.5) is 0 Å². The van der Waals surface area contributed by atoms with Crippen molar-refractivity contribution in [3.05, 3.63) is 33.8 Å². The van der Waals surface area contributed by atoms with Crippen molar-refractivity contribution in [3.63, 3.8) is 0 Å². The third kappa shape index (κ3) is 4.60. The molecule has 1 saturated heterocycles. The molecule has 0 aromatic heterocycles. The topological polar surface area (TPSA) is 32.3 Å². The molecule has 1 atom stereocenters. The van der Waals surface area contributed by atoms with Crippen LogP contribution in [-0.2, 0) is 11.2 Å². The van der Waals surface area contributed by atoms with Crippen LogP contribution in [0.1, 0.15) is 31.7 Å². The molecule has 1 aromatic rings. The van der Waals surface area contributed by atoms with Crippen LogP contribution in [-0.4, -0.2) is 36.5 Å². The Balaban J connectivity index is 2.05. The fourth-order valence-electron chi connectivity index (χ4n) is 2.78. The number of halogens is 2. The molecule has 1 aliphatic rings. The van der Waals surface area contributed by atoms with Crippen molar-refractivity contribution < 1.29 is 4.79 Å². The van der Waals surface area contributed by atoms with Crippen molar-refractivity contribution in [2.45, 2.75) is 38.6 Å². The summed E-state index contributed by atoms with van der Waals surface area (Å²) < 4.78 is 0. The van der Waals surface area contributed by atoms with Crippen molar-refractivity contribution in [1.29, 1.82) is 0 Å². The Morgan fingerprint density at radius 3 is 2.81 bits per heavy atom. The molecule has 116 valence electrons. The number of hydrogen-bond donors (Lipinski definition) is 1. The Bertz CT molecular complexity index is 487. The summed E-state index contributed by atoms with van der Waals surface area (Å²) in [6, 6.07) is 5.72. The summed E-state index contributed by atoms with van der Waals surface area (Å²) in [4.78, 5) is 14.6. The highest BCUT2D eigenvalue weighted by Crippen LogP contribution is 2.23. The Morgan fingerprint density at radius 1 is 1.38 bits per heavy atom. The lowest BCUT2D eigenvalue weighted by Crippen LogP contribution is -2.49. The van der Waals surface area contributed by atoms with Gasteiger partial charge in [0.05, 0.1) is 16.5 Å². The zero-order chi connectivity index (χ0) is 15.2. The van der Waals surface area contributed by atoms with Crippen LogP contribution in [0.15, 0.2) is 18.2 Å². The van der Waals surface area contributed by atoms with E-state index in [0.29, 0.717) is 22.5 Å². The Labute approximate surface area is 136 Å². The monoisotopic (exact) mass is 328 g/mol. The van der Waals surface area contributed by atoms with Crippen LogP contribution >= 0.6 is 23.2 Å². The molecule has 1 N–H and O–H groups in total. The van der Waals surface area contributed by atoms with Gasteiger partial charge in [0.15, 0.2) is 0 Å². The van der Waals surface area contributed by atoms with Crippen molar-refractivity contribution in [3.8, 4) is 0 Å². The number of carbonyl (C=O) groups excluding carboxylic acids is 1. The van der Waals surface area contributed by atoms with E-state index >= 15 is 0 Å². The fraction of sp³-hybridized carbons (Fsp3) is 0.562. The molecular weight excluding hydrogens is 307 g/mol. The van der Waals surface area contributed by atoms with E-state index in [-0.39, 0.29) is 5.91 Å². The minimum absolute atomic E-state index is 0.170. The molecule has 1 heterocycles. The standard InChI is InChI=1S/C16H22Cl2N2O/c1-2-8-20(13-4-3-7-19-11-13)16(21)10-12-5-6-14(17)15(18)9-12/h5-6,9,13,19H,2-4,7-8,10-11H2,1H3. The SMILES string of the molecule is CCCN(C(=O)Cc1ccc(Cl)c(Cl)c1)C1CCCNC1. The van der Waals surface area contributed by atoms with Crippen LogP contribution in [0.2, 0.25) is 10.0 Å². The molecule has 1 fully saturated rings. The molecule has 1 unspecified atom stereocenters. The fourth-order valence-corrected chi connectivity index (χ4v) is 3.10. The molecule has 0 spiro atoms. The molecule has 3 nitrogen and oxygen atoms in total. The van der Waals surface area contributed by atoms with E-state index in [2.05, 4.69) is 12.2 Å². The number of carbonyl (C=O) groups is 1. The third-order valence-corrected chi connectivity index (χ3v) is 4.57. The highest BCUT2D eigenvalue weighted by atomic mass is 35.5. The maximum atomic E-state index is 12.6. The van der Waals surface area contributed by atoms with E-state index in [9.17, 15) is 4.79 Å². The molecule has 21 heavy (non-hydrogen) atoms. The van der Waals surface area contributed by atoms with Gasteiger partial charge in [-0.15, -0.1) is 0 Å². The third-order valence-electron chi connectivity index (χ3n) is 3.84. The average Bonchev–Trinajstić information content (AvgIpc) is 2.49. The van der Waals surface area contributed by atoms with Gasteiger partial charge < -0.3 is 10.2 Å². The predicted octanol–water partition coefficient (Wildman–Crippen LogP) is 3.53. The lowest BCUT2D eigenvalue weighted by atomic mass is 10.0. The first-order valence-corrected chi connectivity index (χ1v) is 8.31. The first kappa shape index (κ1) is 16.6. The average molecular weight is 329 g/mol. The van der Waals surface area contributed by atoms with Crippen LogP contribution in [0.3, 0.4) is 0 Å². The van der Waals surface area contributed by atoms with E-state index in [1.165, 1.54) is 0 Å². The van der Waals surface area contributed by atoms with Crippen molar-refractivity contribution in [2.75, 3.05) is 19.6 Å². The van der Waals surface area contributed by atoms with E-state index in [1.54, 1.807) is 12.1 Å². The first-order chi connectivity index (χ1) is 10.1. The van der Waals surface area contributed by atoms with Crippen LogP contribution < -0.4 is 5.32 Å². The van der Waals surface area contributed by atoms with Gasteiger partial charge in [0, 0.05) is 19.1 Å². The molecule has 1 aliphatic heterocycles. The lowest BCUT2D eigenvalue weighted by molar-refractivity contribution is -0.133. The van der Waals surface area contributed by atoms with Gasteiger partial charge in [-0.05, 0) is 43.5 Å². The second-order valence-electron chi connectivity index (χ2n) is 5.51. The molecular formula is C16H22Cl2N2O. The number of piperidine rings is 1. The van der Waals surface area contributed by atoms with Crippen LogP contribution in [0, 0.1) is 0 Å². The van der Waals surface area contributed by atoms with Gasteiger partial charge >= 0.3 is 0 Å². The molecule has 1 aromatic carbocycles. The summed E-state index contributed by atoms with van der Waals surface area (Å²) in [5, 5.41) is 4.40. The second-order valence-corrected chi connectivity index (χ2v) is 6.33. The van der Waals surface area contributed by atoms with Gasteiger partial charge in [-0.25, -0.2) is 0 Å². The van der Waals surface area contributed by atoms with Crippen molar-refractivity contribution in [1.82, 2.24) is 10.2 Å². The van der Waals surface area contributed by atoms with E-state index in [0.717, 1.165) is 44.5 Å². The van der Waals surface area contributed by atoms with Crippen molar-refractivity contribution in [2.24, 2.45) is 0 Å². The van der Waals surface area contributed by atoms with Gasteiger partial charge in [0.1, 0.15) is 0 Å². The number of amides is 1. The summed E-state index contributed by atoms with van der Waals surface area (Å²) >= 11 is 11.9. The van der Waals surface area contributed by atoms with Crippen LogP contribution in [0.5, 0.6) is 0 Å². The van der Waals surface area contributed by atoms with Gasteiger partial charge in [-0.3, -0.25) is 4.79 Å². The van der Waals surface area contributed by atoms with Crippen molar-refractivity contribution >= 4 is 29.1 Å². The number of benzene rings is 1. The number of hydrogen-bond acceptors (Lipinski definition) is 2. The Hall–Kier alpha value is -0.770. The van der Waals surface area contributed by atoms with Gasteiger partial charge in [-0.2, -0.15) is 0 Å². The second kappa shape index (κ2) is 8.02. The summed E-state index contributed by atoms with van der Waals surface area (Å²) in [5.74, 6) is 0.170. The maximum absolute atomic E-state index is 12.6. The smallest absolute Gasteiger partial charge is 0.227 e. The molecule has 0 aliphatic carbocycles. The number of nitrogens with zero attached hydrogens (tertiary/aromatic N) is 1. The highest BCUT2D eigenvalue weighted by Gasteiger charge is 2.24. The predicted molar refractivity (Wildman–Crippen MR) is 88.1 cm³/mol. The summed E-state index contributed by atoms with van der Waals surface area (Å²) in [5.41, 5.74) is 0.916. The maximum Gasteiger partial charge on any atom is 0.227 e. The number of rotatable bonds is 5. The molecule has 2 rings (SSSR count). The first-order valence-electron chi connectivity index (χ1n) is 7.56. The van der Waals surface area contributed by atoms with Gasteiger partial charge in [0.25, 0.3) is 0 Å². The summed E-state index contributed by atoms with van der Waals surface area (Å²) in [6.45, 7) is 4.87. The van der Waals surface area contributed by atoms with Crippen LogP contribution in [0.25, 0.3) is 0 Å². The molecule has 0 saturated carbocycles.